The van der Waals surface area contributed by atoms with E-state index >= 15 is 0 Å². The number of alkyl halides is 3. The topological polar surface area (TPSA) is 75.7 Å². The molecule has 6 nitrogen and oxygen atoms in total. The molecule has 0 fully saturated rings. The van der Waals surface area contributed by atoms with Crippen LogP contribution >= 0.6 is 0 Å². The van der Waals surface area contributed by atoms with Crippen LogP contribution in [0.3, 0.4) is 0 Å². The Hall–Kier alpha value is -2.75. The van der Waals surface area contributed by atoms with Crippen LogP contribution in [-0.4, -0.2) is 32.0 Å². The van der Waals surface area contributed by atoms with Crippen molar-refractivity contribution >= 4 is 21.6 Å². The Kier molecular flexibility index (Phi) is 6.78. The maximum atomic E-state index is 12.7. The van der Waals surface area contributed by atoms with E-state index in [-0.39, 0.29) is 18.0 Å². The van der Waals surface area contributed by atoms with E-state index in [1.165, 1.54) is 18.2 Å². The molecule has 2 aromatic rings. The number of carbonyl (C=O) groups is 1. The predicted octanol–water partition coefficient (Wildman–Crippen LogP) is 4.46. The van der Waals surface area contributed by atoms with Crippen LogP contribution in [0.5, 0.6) is 5.75 Å². The number of amides is 1. The Balaban J connectivity index is 1.67. The van der Waals surface area contributed by atoms with E-state index in [1.807, 2.05) is 0 Å². The van der Waals surface area contributed by atoms with Crippen molar-refractivity contribution in [3.63, 3.8) is 0 Å². The summed E-state index contributed by atoms with van der Waals surface area (Å²) in [5.74, 6) is -1.31. The van der Waals surface area contributed by atoms with Crippen molar-refractivity contribution in [1.29, 1.82) is 0 Å². The molecule has 2 aromatic carbocycles. The molecule has 3 rings (SSSR count). The van der Waals surface area contributed by atoms with Gasteiger partial charge in [-0.1, -0.05) is 25.8 Å². The van der Waals surface area contributed by atoms with Crippen molar-refractivity contribution < 1.29 is 31.1 Å². The highest BCUT2D eigenvalue weighted by molar-refractivity contribution is 7.92. The molecule has 0 spiro atoms. The van der Waals surface area contributed by atoms with Gasteiger partial charge in [-0.3, -0.25) is 9.52 Å². The molecule has 1 N–H and O–H groups in total. The number of halogens is 3. The Morgan fingerprint density at radius 1 is 1.06 bits per heavy atom. The number of fused-ring (bicyclic) bond motifs is 1. The Labute approximate surface area is 179 Å². The first-order valence-corrected chi connectivity index (χ1v) is 11.3. The quantitative estimate of drug-likeness (QED) is 0.595. The largest absolute Gasteiger partial charge is 0.494 e. The number of sulfonamides is 1. The van der Waals surface area contributed by atoms with Crippen molar-refractivity contribution in [1.82, 2.24) is 4.90 Å². The first kappa shape index (κ1) is 22.9. The lowest BCUT2D eigenvalue weighted by molar-refractivity contribution is -0.186. The van der Waals surface area contributed by atoms with Gasteiger partial charge in [-0.2, -0.15) is 13.2 Å². The molecule has 0 saturated carbocycles. The fourth-order valence-electron chi connectivity index (χ4n) is 3.24. The van der Waals surface area contributed by atoms with Gasteiger partial charge >= 0.3 is 12.1 Å². The number of nitrogens with one attached hydrogen (secondary N) is 1. The summed E-state index contributed by atoms with van der Waals surface area (Å²) in [6.45, 7) is 2.18. The highest BCUT2D eigenvalue weighted by Gasteiger charge is 2.44. The third-order valence-corrected chi connectivity index (χ3v) is 6.24. The molecule has 0 saturated heterocycles. The molecule has 0 aliphatic carbocycles. The summed E-state index contributed by atoms with van der Waals surface area (Å²) in [6, 6.07) is 10.5. The summed E-state index contributed by atoms with van der Waals surface area (Å²) in [5, 5.41) is 0. The molecule has 1 aliphatic rings. The lowest BCUT2D eigenvalue weighted by atomic mass is 10.1. The van der Waals surface area contributed by atoms with Gasteiger partial charge in [0.15, 0.2) is 0 Å². The van der Waals surface area contributed by atoms with Gasteiger partial charge < -0.3 is 9.64 Å². The van der Waals surface area contributed by atoms with Crippen molar-refractivity contribution in [3.05, 3.63) is 53.6 Å². The monoisotopic (exact) mass is 456 g/mol. The number of anilines is 1. The molecule has 1 aliphatic heterocycles. The van der Waals surface area contributed by atoms with Gasteiger partial charge in [0.05, 0.1) is 11.5 Å². The van der Waals surface area contributed by atoms with Gasteiger partial charge in [-0.15, -0.1) is 0 Å². The van der Waals surface area contributed by atoms with Crippen LogP contribution in [0.1, 0.15) is 37.3 Å². The van der Waals surface area contributed by atoms with Gasteiger partial charge in [-0.25, -0.2) is 8.42 Å². The molecule has 31 heavy (non-hydrogen) atoms. The summed E-state index contributed by atoms with van der Waals surface area (Å²) in [6.07, 6.45) is -1.87. The summed E-state index contributed by atoms with van der Waals surface area (Å²) in [4.78, 5) is 12.0. The maximum Gasteiger partial charge on any atom is 0.471 e. The van der Waals surface area contributed by atoms with Crippen molar-refractivity contribution in [2.45, 2.75) is 50.3 Å². The molecule has 168 valence electrons. The average Bonchev–Trinajstić information content (AvgIpc) is 3.14. The van der Waals surface area contributed by atoms with Crippen LogP contribution in [0.2, 0.25) is 0 Å². The summed E-state index contributed by atoms with van der Waals surface area (Å²) in [5.41, 5.74) is 1.19. The molecule has 0 aromatic heterocycles. The minimum atomic E-state index is -4.97. The van der Waals surface area contributed by atoms with Crippen LogP contribution in [-0.2, 0) is 27.9 Å². The number of unbranched alkanes of at least 4 members (excludes halogenated alkanes) is 2. The molecule has 1 amide bonds. The summed E-state index contributed by atoms with van der Waals surface area (Å²) in [7, 11) is -3.95. The van der Waals surface area contributed by atoms with Crippen molar-refractivity contribution in [2.75, 3.05) is 11.3 Å². The van der Waals surface area contributed by atoms with E-state index in [2.05, 4.69) is 11.6 Å². The first-order valence-electron chi connectivity index (χ1n) is 9.84. The molecular formula is C21H23F3N2O4S. The van der Waals surface area contributed by atoms with Gasteiger partial charge in [0.25, 0.3) is 10.0 Å². The number of nitrogens with zero attached hydrogens (tertiary/aromatic N) is 1. The number of benzene rings is 2. The zero-order valence-corrected chi connectivity index (χ0v) is 17.7. The second kappa shape index (κ2) is 9.17. The highest BCUT2D eigenvalue weighted by atomic mass is 32.2. The standard InChI is InChI=1S/C21H23F3N2O4S/c1-2-3-4-11-30-18-8-6-17(7-9-18)25-31(28,29)19-10-5-15-13-26(14-16(15)12-19)20(27)21(22,23)24/h5-10,12,25H,2-4,11,13-14H2,1H3. The Morgan fingerprint density at radius 3 is 2.39 bits per heavy atom. The first-order chi connectivity index (χ1) is 14.6. The predicted molar refractivity (Wildman–Crippen MR) is 109 cm³/mol. The number of hydrogen-bond acceptors (Lipinski definition) is 4. The van der Waals surface area contributed by atoms with E-state index in [0.717, 1.165) is 19.3 Å². The Morgan fingerprint density at radius 2 is 1.74 bits per heavy atom. The fraction of sp³-hybridized carbons (Fsp3) is 0.381. The normalized spacial score (nSPS) is 13.7. The van der Waals surface area contributed by atoms with Crippen LogP contribution in [0, 0.1) is 0 Å². The zero-order chi connectivity index (χ0) is 22.6. The van der Waals surface area contributed by atoms with E-state index < -0.39 is 22.1 Å². The average molecular weight is 456 g/mol. The smallest absolute Gasteiger partial charge is 0.471 e. The van der Waals surface area contributed by atoms with Crippen molar-refractivity contribution in [3.8, 4) is 5.75 Å². The van der Waals surface area contributed by atoms with Gasteiger partial charge in [0.2, 0.25) is 0 Å². The summed E-state index contributed by atoms with van der Waals surface area (Å²) < 4.78 is 71.4. The lowest BCUT2D eigenvalue weighted by Gasteiger charge is -2.16. The van der Waals surface area contributed by atoms with E-state index in [9.17, 15) is 26.4 Å². The second-order valence-electron chi connectivity index (χ2n) is 7.27. The minimum absolute atomic E-state index is 0.0903. The van der Waals surface area contributed by atoms with E-state index in [4.69, 9.17) is 4.74 Å². The van der Waals surface area contributed by atoms with Crippen LogP contribution in [0.25, 0.3) is 0 Å². The maximum absolute atomic E-state index is 12.7. The van der Waals surface area contributed by atoms with Crippen molar-refractivity contribution in [2.24, 2.45) is 0 Å². The highest BCUT2D eigenvalue weighted by Crippen LogP contribution is 2.30. The van der Waals surface area contributed by atoms with Gasteiger partial charge in [-0.05, 0) is 53.9 Å². The van der Waals surface area contributed by atoms with Gasteiger partial charge in [0, 0.05) is 18.8 Å². The van der Waals surface area contributed by atoms with E-state index in [1.54, 1.807) is 24.3 Å². The SMILES string of the molecule is CCCCCOc1ccc(NS(=O)(=O)c2ccc3c(c2)CN(C(=O)C(F)(F)F)C3)cc1. The number of rotatable bonds is 8. The molecule has 0 unspecified atom stereocenters. The zero-order valence-electron chi connectivity index (χ0n) is 16.9. The number of ether oxygens (including phenoxy) is 1. The molecule has 0 atom stereocenters. The third-order valence-electron chi connectivity index (χ3n) is 4.86. The minimum Gasteiger partial charge on any atom is -0.494 e. The molecular weight excluding hydrogens is 433 g/mol. The van der Waals surface area contributed by atoms with E-state index in [0.29, 0.717) is 34.1 Å². The lowest BCUT2D eigenvalue weighted by Crippen LogP contribution is -2.37. The van der Waals surface area contributed by atoms with Crippen LogP contribution in [0.15, 0.2) is 47.4 Å². The summed E-state index contributed by atoms with van der Waals surface area (Å²) >= 11 is 0. The fourth-order valence-corrected chi connectivity index (χ4v) is 4.35. The molecule has 0 radical (unpaired) electrons. The number of carbonyl (C=O) groups excluding carboxylic acids is 1. The second-order valence-corrected chi connectivity index (χ2v) is 8.96. The van der Waals surface area contributed by atoms with Gasteiger partial charge in [0.1, 0.15) is 5.75 Å². The van der Waals surface area contributed by atoms with Crippen LogP contribution in [0.4, 0.5) is 18.9 Å². The third kappa shape index (κ3) is 5.69. The Bertz CT molecular complexity index is 1040. The molecule has 10 heteroatoms. The molecule has 1 heterocycles. The number of hydrogen-bond donors (Lipinski definition) is 1. The molecule has 0 bridgehead atoms. The van der Waals surface area contributed by atoms with Crippen LogP contribution < -0.4 is 9.46 Å².